The highest BCUT2D eigenvalue weighted by Crippen LogP contribution is 2.32. The third kappa shape index (κ3) is 7.68. The first-order valence-electron chi connectivity index (χ1n) is 14.2. The number of morpholine rings is 2. The van der Waals surface area contributed by atoms with Gasteiger partial charge in [-0.3, -0.25) is 19.3 Å². The second kappa shape index (κ2) is 13.1. The minimum Gasteiger partial charge on any atom is -0.379 e. The fraction of sp³-hybridized carbons (Fsp3) is 0.633. The maximum absolute atomic E-state index is 13.7. The van der Waals surface area contributed by atoms with Gasteiger partial charge in [0.2, 0.25) is 11.8 Å². The van der Waals surface area contributed by atoms with Crippen molar-refractivity contribution in [2.75, 3.05) is 65.7 Å². The Morgan fingerprint density at radius 3 is 2.21 bits per heavy atom. The first-order valence-corrected chi connectivity index (χ1v) is 14.2. The highest BCUT2D eigenvalue weighted by molar-refractivity contribution is 5.98. The van der Waals surface area contributed by atoms with E-state index in [9.17, 15) is 14.4 Å². The van der Waals surface area contributed by atoms with Gasteiger partial charge in [-0.25, -0.2) is 0 Å². The van der Waals surface area contributed by atoms with Crippen LogP contribution < -0.4 is 5.32 Å². The van der Waals surface area contributed by atoms with E-state index in [4.69, 9.17) is 9.47 Å². The lowest BCUT2D eigenvalue weighted by molar-refractivity contribution is -0.139. The van der Waals surface area contributed by atoms with Gasteiger partial charge in [-0.1, -0.05) is 45.0 Å². The van der Waals surface area contributed by atoms with Gasteiger partial charge in [0, 0.05) is 57.0 Å². The molecule has 2 saturated heterocycles. The van der Waals surface area contributed by atoms with Crippen molar-refractivity contribution in [3.05, 3.63) is 46.7 Å². The van der Waals surface area contributed by atoms with E-state index in [0.717, 1.165) is 25.2 Å². The topological polar surface area (TPSA) is 91.4 Å². The van der Waals surface area contributed by atoms with Crippen LogP contribution in [0.3, 0.4) is 0 Å². The molecule has 39 heavy (non-hydrogen) atoms. The van der Waals surface area contributed by atoms with Gasteiger partial charge >= 0.3 is 0 Å². The molecule has 0 aromatic heterocycles. The van der Waals surface area contributed by atoms with Crippen LogP contribution in [0.5, 0.6) is 0 Å². The molecule has 4 rings (SSSR count). The van der Waals surface area contributed by atoms with Gasteiger partial charge in [0.05, 0.1) is 38.9 Å². The lowest BCUT2D eigenvalue weighted by atomic mass is 9.86. The Bertz CT molecular complexity index is 1050. The fourth-order valence-corrected chi connectivity index (χ4v) is 5.35. The number of benzene rings is 1. The average Bonchev–Trinajstić information content (AvgIpc) is 2.93. The van der Waals surface area contributed by atoms with Crippen LogP contribution in [0, 0.1) is 5.92 Å². The molecule has 2 fully saturated rings. The van der Waals surface area contributed by atoms with Gasteiger partial charge in [-0.2, -0.15) is 0 Å². The SMILES string of the molecule is CC1=C(C(=O)N2CCOCC2)CC(CC(=O)NCCN2CCOCC2)C(=O)N1Cc1ccc(C(C)(C)C)cc1. The van der Waals surface area contributed by atoms with Gasteiger partial charge in [-0.15, -0.1) is 0 Å². The summed E-state index contributed by atoms with van der Waals surface area (Å²) in [5.41, 5.74) is 3.55. The summed E-state index contributed by atoms with van der Waals surface area (Å²) >= 11 is 0. The molecule has 0 spiro atoms. The largest absolute Gasteiger partial charge is 0.379 e. The molecule has 9 nitrogen and oxygen atoms in total. The summed E-state index contributed by atoms with van der Waals surface area (Å²) in [5.74, 6) is -0.900. The van der Waals surface area contributed by atoms with Crippen molar-refractivity contribution >= 4 is 17.7 Å². The predicted molar refractivity (Wildman–Crippen MR) is 149 cm³/mol. The Hall–Kier alpha value is -2.75. The molecule has 3 aliphatic heterocycles. The maximum Gasteiger partial charge on any atom is 0.251 e. The first kappa shape index (κ1) is 29.2. The quantitative estimate of drug-likeness (QED) is 0.544. The smallest absolute Gasteiger partial charge is 0.251 e. The average molecular weight is 541 g/mol. The molecule has 1 aromatic rings. The van der Waals surface area contributed by atoms with E-state index in [2.05, 4.69) is 43.1 Å². The van der Waals surface area contributed by atoms with Crippen molar-refractivity contribution in [1.29, 1.82) is 0 Å². The molecule has 3 aliphatic rings. The number of carbonyl (C=O) groups excluding carboxylic acids is 3. The molecule has 9 heteroatoms. The van der Waals surface area contributed by atoms with Crippen LogP contribution in [0.25, 0.3) is 0 Å². The van der Waals surface area contributed by atoms with Crippen molar-refractivity contribution in [2.24, 2.45) is 5.92 Å². The van der Waals surface area contributed by atoms with Crippen LogP contribution in [0.4, 0.5) is 0 Å². The van der Waals surface area contributed by atoms with Crippen molar-refractivity contribution in [3.63, 3.8) is 0 Å². The summed E-state index contributed by atoms with van der Waals surface area (Å²) in [6, 6.07) is 8.29. The summed E-state index contributed by atoms with van der Waals surface area (Å²) in [6.07, 6.45) is 0.339. The number of amides is 3. The Labute approximate surface area is 232 Å². The van der Waals surface area contributed by atoms with Gasteiger partial charge in [-0.05, 0) is 29.9 Å². The number of nitrogens with zero attached hydrogens (tertiary/aromatic N) is 3. The minimum absolute atomic E-state index is 0.0350. The Morgan fingerprint density at radius 1 is 0.974 bits per heavy atom. The van der Waals surface area contributed by atoms with Crippen LogP contribution in [-0.4, -0.2) is 98.1 Å². The second-order valence-corrected chi connectivity index (χ2v) is 11.7. The molecule has 1 N–H and O–H groups in total. The number of allylic oxidation sites excluding steroid dienone is 1. The molecule has 1 atom stereocenters. The third-order valence-electron chi connectivity index (χ3n) is 7.91. The van der Waals surface area contributed by atoms with Crippen LogP contribution in [0.2, 0.25) is 0 Å². The Balaban J connectivity index is 1.48. The zero-order chi connectivity index (χ0) is 28.0. The van der Waals surface area contributed by atoms with E-state index in [0.29, 0.717) is 63.9 Å². The molecule has 0 radical (unpaired) electrons. The Kier molecular flexibility index (Phi) is 9.80. The van der Waals surface area contributed by atoms with E-state index in [1.807, 2.05) is 19.1 Å². The molecule has 214 valence electrons. The number of ether oxygens (including phenoxy) is 2. The summed E-state index contributed by atoms with van der Waals surface area (Å²) in [5, 5.41) is 2.98. The number of rotatable bonds is 8. The molecule has 1 aromatic carbocycles. The van der Waals surface area contributed by atoms with Crippen LogP contribution in [-0.2, 0) is 35.8 Å². The summed E-state index contributed by atoms with van der Waals surface area (Å²) < 4.78 is 10.8. The standard InChI is InChI=1S/C30H44N4O5/c1-22-26(29(37)33-13-17-39-18-14-33)19-24(20-27(35)31-9-10-32-11-15-38-16-12-32)28(36)34(22)21-23-5-7-25(8-6-23)30(2,3)4/h5-8,24H,9-21H2,1-4H3,(H,31,35). The normalized spacial score (nSPS) is 21.3. The van der Waals surface area contributed by atoms with Crippen LogP contribution in [0.1, 0.15) is 51.7 Å². The van der Waals surface area contributed by atoms with Crippen molar-refractivity contribution in [1.82, 2.24) is 20.0 Å². The third-order valence-corrected chi connectivity index (χ3v) is 7.91. The number of nitrogens with one attached hydrogen (secondary N) is 1. The zero-order valence-corrected chi connectivity index (χ0v) is 24.0. The highest BCUT2D eigenvalue weighted by Gasteiger charge is 2.38. The lowest BCUT2D eigenvalue weighted by Gasteiger charge is -2.37. The van der Waals surface area contributed by atoms with Crippen LogP contribution >= 0.6 is 0 Å². The Morgan fingerprint density at radius 2 is 1.59 bits per heavy atom. The molecule has 0 saturated carbocycles. The predicted octanol–water partition coefficient (Wildman–Crippen LogP) is 2.30. The van der Waals surface area contributed by atoms with Gasteiger partial charge in [0.1, 0.15) is 0 Å². The van der Waals surface area contributed by atoms with Gasteiger partial charge < -0.3 is 24.6 Å². The fourth-order valence-electron chi connectivity index (χ4n) is 5.35. The van der Waals surface area contributed by atoms with E-state index >= 15 is 0 Å². The summed E-state index contributed by atoms with van der Waals surface area (Å²) in [4.78, 5) is 45.9. The van der Waals surface area contributed by atoms with E-state index in [1.165, 1.54) is 5.56 Å². The van der Waals surface area contributed by atoms with Crippen LogP contribution in [0.15, 0.2) is 35.5 Å². The van der Waals surface area contributed by atoms with Crippen molar-refractivity contribution in [3.8, 4) is 0 Å². The monoisotopic (exact) mass is 540 g/mol. The molecular formula is C30H44N4O5. The van der Waals surface area contributed by atoms with Gasteiger partial charge in [0.25, 0.3) is 5.91 Å². The zero-order valence-electron chi connectivity index (χ0n) is 24.0. The second-order valence-electron chi connectivity index (χ2n) is 11.7. The van der Waals surface area contributed by atoms with E-state index in [1.54, 1.807) is 9.80 Å². The highest BCUT2D eigenvalue weighted by atomic mass is 16.5. The van der Waals surface area contributed by atoms with Crippen molar-refractivity contribution < 1.29 is 23.9 Å². The summed E-state index contributed by atoms with van der Waals surface area (Å²) in [6.45, 7) is 15.2. The lowest BCUT2D eigenvalue weighted by Crippen LogP contribution is -2.47. The van der Waals surface area contributed by atoms with Crippen molar-refractivity contribution in [2.45, 2.75) is 52.5 Å². The molecule has 0 bridgehead atoms. The molecule has 0 aliphatic carbocycles. The van der Waals surface area contributed by atoms with Gasteiger partial charge in [0.15, 0.2) is 0 Å². The first-order chi connectivity index (χ1) is 18.6. The van der Waals surface area contributed by atoms with E-state index in [-0.39, 0.29) is 36.0 Å². The molecule has 3 amide bonds. The number of hydrogen-bond acceptors (Lipinski definition) is 6. The summed E-state index contributed by atoms with van der Waals surface area (Å²) in [7, 11) is 0. The molecular weight excluding hydrogens is 496 g/mol. The number of carbonyl (C=O) groups is 3. The molecule has 1 unspecified atom stereocenters. The molecule has 3 heterocycles. The minimum atomic E-state index is -0.578. The maximum atomic E-state index is 13.7. The van der Waals surface area contributed by atoms with E-state index < -0.39 is 5.92 Å². The number of hydrogen-bond donors (Lipinski definition) is 1.